The van der Waals surface area contributed by atoms with E-state index < -0.39 is 11.9 Å². The Morgan fingerprint density at radius 1 is 0.914 bits per heavy atom. The van der Waals surface area contributed by atoms with Gasteiger partial charge < -0.3 is 18.9 Å². The van der Waals surface area contributed by atoms with E-state index in [0.717, 1.165) is 6.42 Å². The molecule has 0 aliphatic heterocycles. The van der Waals surface area contributed by atoms with Crippen LogP contribution in [0.2, 0.25) is 0 Å². The SMILES string of the molecule is CCCOc1ccc(C(=O)Oc2ccc(/C=N/NC(=O)c3ccccc3OC)cc2OCC)cc1. The normalized spacial score (nSPS) is 10.6. The predicted octanol–water partition coefficient (Wildman–Crippen LogP) is 4.87. The number of hydrazone groups is 1. The lowest BCUT2D eigenvalue weighted by molar-refractivity contribution is 0.0728. The zero-order chi connectivity index (χ0) is 25.0. The summed E-state index contributed by atoms with van der Waals surface area (Å²) in [6, 6.07) is 18.6. The van der Waals surface area contributed by atoms with Crippen molar-refractivity contribution in [2.45, 2.75) is 20.3 Å². The molecular formula is C27H28N2O6. The molecule has 0 atom stereocenters. The minimum Gasteiger partial charge on any atom is -0.496 e. The van der Waals surface area contributed by atoms with E-state index in [1.165, 1.54) is 13.3 Å². The topological polar surface area (TPSA) is 95.5 Å². The van der Waals surface area contributed by atoms with Gasteiger partial charge >= 0.3 is 5.97 Å². The lowest BCUT2D eigenvalue weighted by atomic mass is 10.2. The van der Waals surface area contributed by atoms with Crippen molar-refractivity contribution < 1.29 is 28.5 Å². The molecular weight excluding hydrogens is 448 g/mol. The van der Waals surface area contributed by atoms with Gasteiger partial charge in [-0.3, -0.25) is 4.79 Å². The molecule has 3 aromatic rings. The van der Waals surface area contributed by atoms with Crippen LogP contribution in [0.15, 0.2) is 71.8 Å². The van der Waals surface area contributed by atoms with Gasteiger partial charge in [-0.15, -0.1) is 0 Å². The minimum atomic E-state index is -0.515. The number of nitrogens with one attached hydrogen (secondary N) is 1. The average molecular weight is 477 g/mol. The van der Waals surface area contributed by atoms with Crippen molar-refractivity contribution in [3.05, 3.63) is 83.4 Å². The van der Waals surface area contributed by atoms with Gasteiger partial charge in [0.05, 0.1) is 37.7 Å². The summed E-state index contributed by atoms with van der Waals surface area (Å²) in [5, 5.41) is 4.01. The van der Waals surface area contributed by atoms with Gasteiger partial charge in [0.1, 0.15) is 11.5 Å². The van der Waals surface area contributed by atoms with Gasteiger partial charge in [0, 0.05) is 0 Å². The first-order valence-corrected chi connectivity index (χ1v) is 11.2. The molecule has 1 N–H and O–H groups in total. The van der Waals surface area contributed by atoms with E-state index in [4.69, 9.17) is 18.9 Å². The molecule has 0 aliphatic carbocycles. The van der Waals surface area contributed by atoms with Gasteiger partial charge in [-0.25, -0.2) is 10.2 Å². The summed E-state index contributed by atoms with van der Waals surface area (Å²) in [5.41, 5.74) is 3.88. The second kappa shape index (κ2) is 12.8. The fourth-order valence-electron chi connectivity index (χ4n) is 3.08. The maximum atomic E-state index is 12.6. The summed E-state index contributed by atoms with van der Waals surface area (Å²) in [6.07, 6.45) is 2.37. The first kappa shape index (κ1) is 25.3. The summed E-state index contributed by atoms with van der Waals surface area (Å²) >= 11 is 0. The van der Waals surface area contributed by atoms with Crippen molar-refractivity contribution >= 4 is 18.1 Å². The first-order valence-electron chi connectivity index (χ1n) is 11.2. The number of methoxy groups -OCH3 is 1. The molecule has 0 radical (unpaired) electrons. The Morgan fingerprint density at radius 2 is 1.69 bits per heavy atom. The van der Waals surface area contributed by atoms with Crippen LogP contribution in [-0.2, 0) is 0 Å². The van der Waals surface area contributed by atoms with Crippen LogP contribution >= 0.6 is 0 Å². The summed E-state index contributed by atoms with van der Waals surface area (Å²) in [7, 11) is 1.50. The molecule has 8 nitrogen and oxygen atoms in total. The van der Waals surface area contributed by atoms with Gasteiger partial charge in [0.15, 0.2) is 11.5 Å². The molecule has 0 fully saturated rings. The van der Waals surface area contributed by atoms with Crippen LogP contribution in [0.5, 0.6) is 23.0 Å². The van der Waals surface area contributed by atoms with Crippen molar-refractivity contribution in [3.8, 4) is 23.0 Å². The maximum Gasteiger partial charge on any atom is 0.343 e. The standard InChI is InChI=1S/C27H28N2O6/c1-4-16-34-21-13-11-20(12-14-21)27(31)35-24-15-10-19(17-25(24)33-5-2)18-28-29-26(30)22-8-6-7-9-23(22)32-3/h6-15,17-18H,4-5,16H2,1-3H3,(H,29,30)/b28-18+. The molecule has 0 bridgehead atoms. The minimum absolute atomic E-state index is 0.276. The smallest absolute Gasteiger partial charge is 0.343 e. The number of rotatable bonds is 11. The molecule has 1 amide bonds. The largest absolute Gasteiger partial charge is 0.496 e. The third kappa shape index (κ3) is 7.07. The van der Waals surface area contributed by atoms with Crippen LogP contribution in [0.1, 0.15) is 46.5 Å². The van der Waals surface area contributed by atoms with Crippen LogP contribution in [0, 0.1) is 0 Å². The highest BCUT2D eigenvalue weighted by molar-refractivity contribution is 5.97. The number of carbonyl (C=O) groups is 2. The van der Waals surface area contributed by atoms with E-state index in [0.29, 0.717) is 47.2 Å². The van der Waals surface area contributed by atoms with Crippen LogP contribution in [0.4, 0.5) is 0 Å². The van der Waals surface area contributed by atoms with Crippen molar-refractivity contribution in [2.24, 2.45) is 5.10 Å². The number of hydrogen-bond acceptors (Lipinski definition) is 7. The molecule has 0 spiro atoms. The highest BCUT2D eigenvalue weighted by atomic mass is 16.6. The number of nitrogens with zero attached hydrogens (tertiary/aromatic N) is 1. The van der Waals surface area contributed by atoms with Gasteiger partial charge in [-0.05, 0) is 73.5 Å². The van der Waals surface area contributed by atoms with Crippen molar-refractivity contribution in [2.75, 3.05) is 20.3 Å². The number of ether oxygens (including phenoxy) is 4. The second-order valence-electron chi connectivity index (χ2n) is 7.30. The van der Waals surface area contributed by atoms with Crippen LogP contribution in [0.3, 0.4) is 0 Å². The monoisotopic (exact) mass is 476 g/mol. The summed E-state index contributed by atoms with van der Waals surface area (Å²) in [6.45, 7) is 4.84. The summed E-state index contributed by atoms with van der Waals surface area (Å²) in [4.78, 5) is 25.0. The molecule has 3 rings (SSSR count). The third-order valence-corrected chi connectivity index (χ3v) is 4.76. The number of esters is 1. The summed E-state index contributed by atoms with van der Waals surface area (Å²) < 4.78 is 21.9. The quantitative estimate of drug-likeness (QED) is 0.184. The number of amides is 1. The van der Waals surface area contributed by atoms with Crippen LogP contribution in [-0.4, -0.2) is 38.4 Å². The van der Waals surface area contributed by atoms with Gasteiger partial charge in [-0.1, -0.05) is 19.1 Å². The Labute approximate surface area is 204 Å². The highest BCUT2D eigenvalue weighted by Crippen LogP contribution is 2.29. The second-order valence-corrected chi connectivity index (χ2v) is 7.30. The van der Waals surface area contributed by atoms with Crippen molar-refractivity contribution in [1.29, 1.82) is 0 Å². The number of para-hydroxylation sites is 1. The predicted molar refractivity (Wildman–Crippen MR) is 133 cm³/mol. The fourth-order valence-corrected chi connectivity index (χ4v) is 3.08. The van der Waals surface area contributed by atoms with E-state index in [2.05, 4.69) is 10.5 Å². The molecule has 0 unspecified atom stereocenters. The number of benzene rings is 3. The molecule has 0 aromatic heterocycles. The van der Waals surface area contributed by atoms with Crippen LogP contribution < -0.4 is 24.4 Å². The van der Waals surface area contributed by atoms with Gasteiger partial charge in [0.25, 0.3) is 5.91 Å². The first-order chi connectivity index (χ1) is 17.0. The zero-order valence-electron chi connectivity index (χ0n) is 19.9. The Kier molecular flexibility index (Phi) is 9.24. The number of hydrogen-bond donors (Lipinski definition) is 1. The maximum absolute atomic E-state index is 12.6. The molecule has 8 heteroatoms. The molecule has 0 heterocycles. The van der Waals surface area contributed by atoms with E-state index >= 15 is 0 Å². The average Bonchev–Trinajstić information content (AvgIpc) is 2.89. The van der Waals surface area contributed by atoms with Gasteiger partial charge in [0.2, 0.25) is 0 Å². The van der Waals surface area contributed by atoms with E-state index in [1.807, 2.05) is 13.8 Å². The Bertz CT molecular complexity index is 1170. The molecule has 0 saturated heterocycles. The molecule has 0 saturated carbocycles. The third-order valence-electron chi connectivity index (χ3n) is 4.76. The Morgan fingerprint density at radius 3 is 2.40 bits per heavy atom. The molecule has 35 heavy (non-hydrogen) atoms. The molecule has 182 valence electrons. The zero-order valence-corrected chi connectivity index (χ0v) is 19.9. The van der Waals surface area contributed by atoms with Crippen molar-refractivity contribution in [1.82, 2.24) is 5.43 Å². The lowest BCUT2D eigenvalue weighted by Crippen LogP contribution is -2.18. The summed E-state index contributed by atoms with van der Waals surface area (Å²) in [5.74, 6) is 0.883. The van der Waals surface area contributed by atoms with E-state index in [1.54, 1.807) is 66.7 Å². The Hall–Kier alpha value is -4.33. The highest BCUT2D eigenvalue weighted by Gasteiger charge is 2.14. The number of carbonyl (C=O) groups excluding carboxylic acids is 2. The van der Waals surface area contributed by atoms with Crippen LogP contribution in [0.25, 0.3) is 0 Å². The van der Waals surface area contributed by atoms with Gasteiger partial charge in [-0.2, -0.15) is 5.10 Å². The molecule has 0 aliphatic rings. The lowest BCUT2D eigenvalue weighted by Gasteiger charge is -2.12. The molecule has 3 aromatic carbocycles. The fraction of sp³-hybridized carbons (Fsp3) is 0.222. The Balaban J connectivity index is 1.67. The van der Waals surface area contributed by atoms with E-state index in [9.17, 15) is 9.59 Å². The van der Waals surface area contributed by atoms with E-state index in [-0.39, 0.29) is 5.75 Å². The van der Waals surface area contributed by atoms with Crippen molar-refractivity contribution in [3.63, 3.8) is 0 Å².